The van der Waals surface area contributed by atoms with Gasteiger partial charge in [0, 0.05) is 0 Å². The normalized spacial score (nSPS) is 28.7. The molecule has 124 valence electrons. The van der Waals surface area contributed by atoms with Crippen molar-refractivity contribution >= 4 is 17.0 Å². The van der Waals surface area contributed by atoms with Crippen molar-refractivity contribution in [3.63, 3.8) is 0 Å². The first kappa shape index (κ1) is 18.2. The van der Waals surface area contributed by atoms with E-state index < -0.39 is 20.8 Å². The van der Waals surface area contributed by atoms with E-state index in [1.165, 1.54) is 51.4 Å². The van der Waals surface area contributed by atoms with Crippen molar-refractivity contribution in [2.24, 2.45) is 11.8 Å². The van der Waals surface area contributed by atoms with Crippen molar-refractivity contribution in [3.8, 4) is 0 Å². The van der Waals surface area contributed by atoms with E-state index in [9.17, 15) is 0 Å². The standard InChI is InChI=1S/C20H25.2ClH.Zr/c1-14(17-12-10-15-6-2-4-8-19(15)17)18-13-11-16-7-3-5-9-20(16)18;;;/h10-13,17-18H,2-9H2,1H3;2*1H;/q-1;;;+2/p-2. The van der Waals surface area contributed by atoms with Crippen LogP contribution in [-0.4, -0.2) is 0 Å². The van der Waals surface area contributed by atoms with Crippen LogP contribution in [0.3, 0.4) is 0 Å². The van der Waals surface area contributed by atoms with E-state index in [2.05, 4.69) is 31.2 Å². The fourth-order valence-corrected chi connectivity index (χ4v) is 4.70. The summed E-state index contributed by atoms with van der Waals surface area (Å²) in [7, 11) is 9.87. The molecule has 0 heterocycles. The summed E-state index contributed by atoms with van der Waals surface area (Å²) >= 11 is -0.826. The summed E-state index contributed by atoms with van der Waals surface area (Å²) in [6.45, 7) is 2.42. The molecule has 3 heteroatoms. The van der Waals surface area contributed by atoms with Gasteiger partial charge in [0.05, 0.1) is 0 Å². The molecule has 4 aliphatic rings. The Morgan fingerprint density at radius 1 is 0.826 bits per heavy atom. The van der Waals surface area contributed by atoms with Crippen molar-refractivity contribution in [1.82, 2.24) is 0 Å². The molecule has 0 aliphatic heterocycles. The van der Waals surface area contributed by atoms with E-state index in [4.69, 9.17) is 17.0 Å². The predicted octanol–water partition coefficient (Wildman–Crippen LogP) is 7.07. The summed E-state index contributed by atoms with van der Waals surface area (Å²) in [5.74, 6) is 2.98. The molecule has 0 aromatic heterocycles. The van der Waals surface area contributed by atoms with Gasteiger partial charge in [-0.3, -0.25) is 5.92 Å². The van der Waals surface area contributed by atoms with Crippen molar-refractivity contribution in [1.29, 1.82) is 0 Å². The molecule has 0 saturated carbocycles. The average molecular weight is 428 g/mol. The molecule has 23 heavy (non-hydrogen) atoms. The number of halogens is 2. The van der Waals surface area contributed by atoms with E-state index >= 15 is 0 Å². The predicted molar refractivity (Wildman–Crippen MR) is 96.9 cm³/mol. The molecule has 0 fully saturated rings. The third-order valence-corrected chi connectivity index (χ3v) is 5.82. The zero-order valence-corrected chi connectivity index (χ0v) is 17.8. The van der Waals surface area contributed by atoms with Crippen molar-refractivity contribution < 1.29 is 20.8 Å². The van der Waals surface area contributed by atoms with Gasteiger partial charge in [0.2, 0.25) is 0 Å². The van der Waals surface area contributed by atoms with Gasteiger partial charge in [-0.05, 0) is 51.4 Å². The van der Waals surface area contributed by atoms with Crippen LogP contribution in [-0.2, 0) is 20.8 Å². The molecule has 2 atom stereocenters. The summed E-state index contributed by atoms with van der Waals surface area (Å²) in [5.41, 5.74) is 6.85. The Hall–Kier alpha value is 0.423. The van der Waals surface area contributed by atoms with Gasteiger partial charge in [0.15, 0.2) is 0 Å². The van der Waals surface area contributed by atoms with Gasteiger partial charge in [0.25, 0.3) is 0 Å². The molecule has 0 saturated heterocycles. The van der Waals surface area contributed by atoms with Gasteiger partial charge in [-0.1, -0.05) is 34.4 Å². The molecule has 4 rings (SSSR count). The molecule has 0 nitrogen and oxygen atoms in total. The first-order chi connectivity index (χ1) is 11.3. The molecule has 0 spiro atoms. The third kappa shape index (κ3) is 3.99. The average Bonchev–Trinajstić information content (AvgIpc) is 3.19. The quantitative estimate of drug-likeness (QED) is 0.414. The Balaban J connectivity index is 0.000000485. The number of rotatable bonds is 2. The van der Waals surface area contributed by atoms with Crippen LogP contribution in [0.2, 0.25) is 0 Å². The Kier molecular flexibility index (Phi) is 6.88. The number of hydrogen-bond acceptors (Lipinski definition) is 0. The van der Waals surface area contributed by atoms with Crippen LogP contribution >= 0.6 is 17.0 Å². The maximum atomic E-state index is 4.93. The minimum atomic E-state index is -0.826. The second kappa shape index (κ2) is 8.68. The second-order valence-electron chi connectivity index (χ2n) is 7.00. The zero-order chi connectivity index (χ0) is 16.2. The summed E-state index contributed by atoms with van der Waals surface area (Å²) in [5, 5.41) is 0. The van der Waals surface area contributed by atoms with Crippen LogP contribution < -0.4 is 0 Å². The van der Waals surface area contributed by atoms with Crippen molar-refractivity contribution in [2.45, 2.75) is 58.3 Å². The van der Waals surface area contributed by atoms with Crippen LogP contribution in [0.15, 0.2) is 46.6 Å². The van der Waals surface area contributed by atoms with E-state index in [0.717, 1.165) is 0 Å². The first-order valence-corrected chi connectivity index (χ1v) is 15.2. The number of allylic oxidation sites excluding steroid dienone is 8. The maximum absolute atomic E-state index is 4.93. The van der Waals surface area contributed by atoms with Gasteiger partial charge in [-0.25, -0.2) is 0 Å². The Labute approximate surface area is 159 Å². The number of hydrogen-bond donors (Lipinski definition) is 0. The fraction of sp³-hybridized carbons (Fsp3) is 0.550. The Morgan fingerprint density at radius 2 is 1.22 bits per heavy atom. The summed E-state index contributed by atoms with van der Waals surface area (Å²) in [6, 6.07) is 0. The minimum absolute atomic E-state index is 0.647. The Morgan fingerprint density at radius 3 is 1.65 bits per heavy atom. The molecule has 0 radical (unpaired) electrons. The molecular weight excluding hydrogens is 402 g/mol. The molecule has 4 aliphatic carbocycles. The molecular formula is C20H25Cl2Zr-. The molecule has 0 N–H and O–H groups in total. The SMILES string of the molecule is C[C-](C1C=CC2=C1CCCC2)C1C=CC2=C1CCCC2.[Cl][Zr][Cl]. The van der Waals surface area contributed by atoms with Gasteiger partial charge in [-0.15, -0.1) is 24.0 Å². The van der Waals surface area contributed by atoms with Gasteiger partial charge in [-0.2, -0.15) is 6.92 Å². The van der Waals surface area contributed by atoms with Gasteiger partial charge in [0.1, 0.15) is 0 Å². The van der Waals surface area contributed by atoms with Gasteiger partial charge >= 0.3 is 37.9 Å². The van der Waals surface area contributed by atoms with Crippen molar-refractivity contribution in [3.05, 3.63) is 52.5 Å². The van der Waals surface area contributed by atoms with Crippen LogP contribution in [0.5, 0.6) is 0 Å². The van der Waals surface area contributed by atoms with Crippen LogP contribution in [0, 0.1) is 17.8 Å². The molecule has 0 amide bonds. The van der Waals surface area contributed by atoms with E-state index in [1.807, 2.05) is 0 Å². The Bertz CT molecular complexity index is 508. The molecule has 0 bridgehead atoms. The van der Waals surface area contributed by atoms with Gasteiger partial charge < -0.3 is 0 Å². The second-order valence-corrected chi connectivity index (χ2v) is 10.7. The molecule has 0 aromatic rings. The topological polar surface area (TPSA) is 0 Å². The summed E-state index contributed by atoms with van der Waals surface area (Å²) < 4.78 is 0. The molecule has 0 aromatic carbocycles. The fourth-order valence-electron chi connectivity index (χ4n) is 4.70. The van der Waals surface area contributed by atoms with E-state index in [0.29, 0.717) is 11.8 Å². The molecule has 2 unspecified atom stereocenters. The monoisotopic (exact) mass is 425 g/mol. The first-order valence-electron chi connectivity index (χ1n) is 8.86. The van der Waals surface area contributed by atoms with Crippen LogP contribution in [0.25, 0.3) is 0 Å². The third-order valence-electron chi connectivity index (χ3n) is 5.82. The van der Waals surface area contributed by atoms with E-state index in [-0.39, 0.29) is 0 Å². The van der Waals surface area contributed by atoms with Crippen molar-refractivity contribution in [2.75, 3.05) is 0 Å². The van der Waals surface area contributed by atoms with Crippen LogP contribution in [0.1, 0.15) is 58.3 Å². The zero-order valence-electron chi connectivity index (χ0n) is 13.9. The summed E-state index contributed by atoms with van der Waals surface area (Å²) in [6.07, 6.45) is 20.8. The van der Waals surface area contributed by atoms with E-state index in [1.54, 1.807) is 28.2 Å². The van der Waals surface area contributed by atoms with Crippen LogP contribution in [0.4, 0.5) is 0 Å². The summed E-state index contributed by atoms with van der Waals surface area (Å²) in [4.78, 5) is 0.